The molecule has 0 fully saturated rings. The lowest BCUT2D eigenvalue weighted by molar-refractivity contribution is 0.0485. The van der Waals surface area contributed by atoms with Crippen molar-refractivity contribution in [2.24, 2.45) is 0 Å². The van der Waals surface area contributed by atoms with E-state index in [1.54, 1.807) is 0 Å². The van der Waals surface area contributed by atoms with E-state index >= 15 is 0 Å². The van der Waals surface area contributed by atoms with Crippen molar-refractivity contribution in [1.29, 1.82) is 0 Å². The molecule has 68 valence electrons. The van der Waals surface area contributed by atoms with Crippen LogP contribution < -0.4 is 0 Å². The molecule has 0 aromatic carbocycles. The summed E-state index contributed by atoms with van der Waals surface area (Å²) in [6, 6.07) is 0. The topological polar surface area (TPSA) is 48.2 Å². The molecule has 1 aromatic rings. The van der Waals surface area contributed by atoms with E-state index in [1.165, 1.54) is 0 Å². The van der Waals surface area contributed by atoms with Crippen LogP contribution in [-0.4, -0.2) is 16.2 Å². The molecule has 1 aromatic heterocycles. The van der Waals surface area contributed by atoms with Gasteiger partial charge in [0.2, 0.25) is 0 Å². The molecule has 0 aliphatic heterocycles. The minimum Gasteiger partial charge on any atom is -0.369 e. The summed E-state index contributed by atoms with van der Waals surface area (Å²) in [7, 11) is 0. The zero-order valence-corrected chi connectivity index (χ0v) is 7.70. The molecule has 0 atom stereocenters. The highest BCUT2D eigenvalue weighted by Gasteiger charge is 2.04. The van der Waals surface area contributed by atoms with Gasteiger partial charge in [-0.15, -0.1) is 0 Å². The number of aromatic nitrogens is 2. The highest BCUT2D eigenvalue weighted by atomic mass is 16.5. The van der Waals surface area contributed by atoms with Crippen LogP contribution in [0.2, 0.25) is 0 Å². The Labute approximate surface area is 71.9 Å². The molecule has 0 amide bonds. The van der Waals surface area contributed by atoms with Crippen molar-refractivity contribution in [3.8, 4) is 0 Å². The molecule has 4 heteroatoms. The van der Waals surface area contributed by atoms with Gasteiger partial charge in [-0.25, -0.2) is 0 Å². The summed E-state index contributed by atoms with van der Waals surface area (Å²) in [6.07, 6.45) is 0.993. The van der Waals surface area contributed by atoms with Crippen LogP contribution >= 0.6 is 0 Å². The molecule has 4 nitrogen and oxygen atoms in total. The monoisotopic (exact) mass is 170 g/mol. The Morgan fingerprint density at radius 2 is 2.25 bits per heavy atom. The zero-order valence-electron chi connectivity index (χ0n) is 7.70. The van der Waals surface area contributed by atoms with Gasteiger partial charge >= 0.3 is 0 Å². The first-order valence-electron chi connectivity index (χ1n) is 4.15. The third-order valence-electron chi connectivity index (χ3n) is 1.37. The van der Waals surface area contributed by atoms with E-state index in [4.69, 9.17) is 9.26 Å². The Morgan fingerprint density at radius 1 is 1.50 bits per heavy atom. The van der Waals surface area contributed by atoms with E-state index in [1.807, 2.05) is 20.8 Å². The molecule has 0 saturated heterocycles. The Morgan fingerprint density at radius 3 is 2.75 bits per heavy atom. The third kappa shape index (κ3) is 2.62. The van der Waals surface area contributed by atoms with E-state index < -0.39 is 0 Å². The second-order valence-electron chi connectivity index (χ2n) is 2.82. The summed E-state index contributed by atoms with van der Waals surface area (Å²) >= 11 is 0. The van der Waals surface area contributed by atoms with Crippen molar-refractivity contribution in [3.05, 3.63) is 11.7 Å². The second-order valence-corrected chi connectivity index (χ2v) is 2.82. The van der Waals surface area contributed by atoms with Gasteiger partial charge in [0.05, 0.1) is 6.10 Å². The minimum absolute atomic E-state index is 0.196. The van der Waals surface area contributed by atoms with E-state index in [-0.39, 0.29) is 6.10 Å². The maximum Gasteiger partial charge on any atom is 0.252 e. The summed E-state index contributed by atoms with van der Waals surface area (Å²) in [6.45, 7) is 6.33. The normalized spacial score (nSPS) is 11.0. The van der Waals surface area contributed by atoms with Crippen LogP contribution in [0.1, 0.15) is 32.5 Å². The quantitative estimate of drug-likeness (QED) is 0.688. The lowest BCUT2D eigenvalue weighted by Gasteiger charge is -2.02. The molecule has 0 aliphatic rings. The van der Waals surface area contributed by atoms with Crippen molar-refractivity contribution in [1.82, 2.24) is 10.1 Å². The van der Waals surface area contributed by atoms with E-state index in [2.05, 4.69) is 10.1 Å². The number of nitrogens with zero attached hydrogens (tertiary/aromatic N) is 2. The van der Waals surface area contributed by atoms with Crippen LogP contribution in [0.15, 0.2) is 4.52 Å². The first-order valence-corrected chi connectivity index (χ1v) is 4.15. The summed E-state index contributed by atoms with van der Waals surface area (Å²) in [5.74, 6) is 1.29. The lowest BCUT2D eigenvalue weighted by atomic mass is 10.5. The Bertz CT molecular complexity index is 233. The summed E-state index contributed by atoms with van der Waals surface area (Å²) in [5, 5.41) is 3.75. The number of hydrogen-bond acceptors (Lipinski definition) is 4. The van der Waals surface area contributed by atoms with E-state index in [9.17, 15) is 0 Å². The zero-order chi connectivity index (χ0) is 8.97. The molecule has 12 heavy (non-hydrogen) atoms. The summed E-state index contributed by atoms with van der Waals surface area (Å²) in [5.41, 5.74) is 0. The van der Waals surface area contributed by atoms with Crippen LogP contribution in [0.25, 0.3) is 0 Å². The maximum atomic E-state index is 5.29. The maximum absolute atomic E-state index is 5.29. The van der Waals surface area contributed by atoms with Gasteiger partial charge in [0.1, 0.15) is 6.61 Å². The number of aryl methyl sites for hydroxylation is 1. The molecule has 0 aliphatic carbocycles. The van der Waals surface area contributed by atoms with Crippen molar-refractivity contribution in [3.63, 3.8) is 0 Å². The largest absolute Gasteiger partial charge is 0.369 e. The van der Waals surface area contributed by atoms with Gasteiger partial charge < -0.3 is 9.26 Å². The first-order chi connectivity index (χ1) is 5.72. The SMILES string of the molecule is CCc1noc(COC(C)C)n1. The molecule has 0 N–H and O–H groups in total. The van der Waals surface area contributed by atoms with Crippen LogP contribution in [0.3, 0.4) is 0 Å². The second kappa shape index (κ2) is 4.21. The van der Waals surface area contributed by atoms with E-state index in [0.717, 1.165) is 12.2 Å². The van der Waals surface area contributed by atoms with Gasteiger partial charge in [-0.2, -0.15) is 4.98 Å². The van der Waals surface area contributed by atoms with E-state index in [0.29, 0.717) is 12.5 Å². The van der Waals surface area contributed by atoms with Crippen LogP contribution in [0.4, 0.5) is 0 Å². The molecule has 0 saturated carbocycles. The van der Waals surface area contributed by atoms with Crippen LogP contribution in [0, 0.1) is 0 Å². The predicted molar refractivity (Wildman–Crippen MR) is 43.6 cm³/mol. The predicted octanol–water partition coefficient (Wildman–Crippen LogP) is 1.56. The van der Waals surface area contributed by atoms with Crippen molar-refractivity contribution in [2.75, 3.05) is 0 Å². The van der Waals surface area contributed by atoms with Crippen LogP contribution in [0.5, 0.6) is 0 Å². The Hall–Kier alpha value is -0.900. The number of hydrogen-bond donors (Lipinski definition) is 0. The molecule has 0 spiro atoms. The Balaban J connectivity index is 2.41. The van der Waals surface area contributed by atoms with Gasteiger partial charge in [0.15, 0.2) is 5.82 Å². The van der Waals surface area contributed by atoms with Crippen molar-refractivity contribution >= 4 is 0 Å². The summed E-state index contributed by atoms with van der Waals surface area (Å²) < 4.78 is 10.2. The fourth-order valence-corrected chi connectivity index (χ4v) is 0.730. The highest BCUT2D eigenvalue weighted by Crippen LogP contribution is 2.01. The molecule has 0 unspecified atom stereocenters. The molecule has 1 heterocycles. The number of ether oxygens (including phenoxy) is 1. The molecule has 0 radical (unpaired) electrons. The highest BCUT2D eigenvalue weighted by molar-refractivity contribution is 4.83. The average Bonchev–Trinajstić information content (AvgIpc) is 2.48. The van der Waals surface area contributed by atoms with Gasteiger partial charge in [-0.05, 0) is 13.8 Å². The van der Waals surface area contributed by atoms with Gasteiger partial charge in [-0.1, -0.05) is 12.1 Å². The summed E-state index contributed by atoms with van der Waals surface area (Å²) in [4.78, 5) is 4.10. The minimum atomic E-state index is 0.196. The average molecular weight is 170 g/mol. The fourth-order valence-electron chi connectivity index (χ4n) is 0.730. The van der Waals surface area contributed by atoms with Crippen molar-refractivity contribution < 1.29 is 9.26 Å². The standard InChI is InChI=1S/C8H14N2O2/c1-4-7-9-8(12-10-7)5-11-6(2)3/h6H,4-5H2,1-3H3. The smallest absolute Gasteiger partial charge is 0.252 e. The van der Waals surface area contributed by atoms with Gasteiger partial charge in [-0.3, -0.25) is 0 Å². The molecular formula is C8H14N2O2. The van der Waals surface area contributed by atoms with Crippen LogP contribution in [-0.2, 0) is 17.8 Å². The van der Waals surface area contributed by atoms with Crippen molar-refractivity contribution in [2.45, 2.75) is 39.9 Å². The fraction of sp³-hybridized carbons (Fsp3) is 0.750. The lowest BCUT2D eigenvalue weighted by Crippen LogP contribution is -2.02. The third-order valence-corrected chi connectivity index (χ3v) is 1.37. The molecule has 1 rings (SSSR count). The Kier molecular flexibility index (Phi) is 3.22. The van der Waals surface area contributed by atoms with Gasteiger partial charge in [0.25, 0.3) is 5.89 Å². The van der Waals surface area contributed by atoms with Gasteiger partial charge in [0, 0.05) is 6.42 Å². The molecular weight excluding hydrogens is 156 g/mol. The first kappa shape index (κ1) is 9.19. The number of rotatable bonds is 4. The molecule has 0 bridgehead atoms.